The Kier molecular flexibility index (Phi) is 11.2. The topological polar surface area (TPSA) is 0 Å². The van der Waals surface area contributed by atoms with E-state index in [-0.39, 0.29) is 15.8 Å². The van der Waals surface area contributed by atoms with E-state index in [1.807, 2.05) is 0 Å². The standard InChI is InChI=1S/2C21H27P/c2*1-15(2)22-20(18-9-5-16(3)6-10-18)13-14-21(22)19-11-7-17(4)8-12-19/h2*5-12,15,20-21H,13-14H2,1-4H3. The molecule has 2 fully saturated rings. The molecule has 0 aliphatic carbocycles. The third kappa shape index (κ3) is 7.75. The Morgan fingerprint density at radius 2 is 0.545 bits per heavy atom. The highest BCUT2D eigenvalue weighted by Crippen LogP contribution is 2.73. The van der Waals surface area contributed by atoms with Gasteiger partial charge in [0.2, 0.25) is 0 Å². The van der Waals surface area contributed by atoms with Crippen LogP contribution in [0.15, 0.2) is 97.1 Å². The lowest BCUT2D eigenvalue weighted by Gasteiger charge is -2.30. The van der Waals surface area contributed by atoms with Gasteiger partial charge in [-0.25, -0.2) is 0 Å². The van der Waals surface area contributed by atoms with Crippen LogP contribution in [0.1, 0.15) is 121 Å². The van der Waals surface area contributed by atoms with Crippen LogP contribution in [0.3, 0.4) is 0 Å². The molecule has 0 spiro atoms. The number of rotatable bonds is 6. The molecule has 4 aromatic carbocycles. The van der Waals surface area contributed by atoms with Gasteiger partial charge >= 0.3 is 0 Å². The van der Waals surface area contributed by atoms with Gasteiger partial charge in [0.1, 0.15) is 0 Å². The van der Waals surface area contributed by atoms with E-state index in [2.05, 4.69) is 152 Å². The predicted octanol–water partition coefficient (Wildman–Crippen LogP) is 13.5. The summed E-state index contributed by atoms with van der Waals surface area (Å²) in [5, 5.41) is 0. The van der Waals surface area contributed by atoms with Gasteiger partial charge in [-0.2, -0.15) is 0 Å². The van der Waals surface area contributed by atoms with Gasteiger partial charge in [0.25, 0.3) is 0 Å². The maximum absolute atomic E-state index is 2.43. The van der Waals surface area contributed by atoms with Gasteiger partial charge in [-0.05, 0) is 87.0 Å². The smallest absolute Gasteiger partial charge is 0.00499 e. The van der Waals surface area contributed by atoms with Gasteiger partial charge in [-0.3, -0.25) is 0 Å². The molecule has 0 radical (unpaired) electrons. The van der Waals surface area contributed by atoms with Crippen molar-refractivity contribution in [1.29, 1.82) is 0 Å². The van der Waals surface area contributed by atoms with Crippen LogP contribution in [0.5, 0.6) is 0 Å². The number of aryl methyl sites for hydroxylation is 4. The molecule has 232 valence electrons. The fourth-order valence-electron chi connectivity index (χ4n) is 7.61. The number of benzene rings is 4. The molecular weight excluding hydrogens is 566 g/mol. The van der Waals surface area contributed by atoms with Crippen LogP contribution in [0.25, 0.3) is 0 Å². The summed E-state index contributed by atoms with van der Waals surface area (Å²) in [6, 6.07) is 37.2. The second kappa shape index (κ2) is 14.9. The van der Waals surface area contributed by atoms with Gasteiger partial charge in [0.05, 0.1) is 0 Å². The number of hydrogen-bond donors (Lipinski definition) is 0. The summed E-state index contributed by atoms with van der Waals surface area (Å²) in [6.07, 6.45) is 5.41. The van der Waals surface area contributed by atoms with Crippen LogP contribution in [-0.4, -0.2) is 11.3 Å². The molecule has 0 aromatic heterocycles. The maximum Gasteiger partial charge on any atom is 0.00499 e. The molecule has 2 aliphatic rings. The molecule has 4 unspecified atom stereocenters. The Hall–Kier alpha value is -2.26. The van der Waals surface area contributed by atoms with Gasteiger partial charge in [-0.1, -0.05) is 163 Å². The SMILES string of the molecule is Cc1ccc(C2CCC(c3ccc(C)cc3)P2C(C)C)cc1.Cc1ccc(C2CCC(c3ccc(C)cc3)P2C(C)C)cc1. The maximum atomic E-state index is 2.43. The normalized spacial score (nSPS) is 24.9. The monoisotopic (exact) mass is 620 g/mol. The summed E-state index contributed by atoms with van der Waals surface area (Å²) in [6.45, 7) is 18.4. The van der Waals surface area contributed by atoms with Crippen molar-refractivity contribution in [2.75, 3.05) is 0 Å². The zero-order valence-corrected chi connectivity index (χ0v) is 30.2. The van der Waals surface area contributed by atoms with Crippen LogP contribution in [0.4, 0.5) is 0 Å². The predicted molar refractivity (Wildman–Crippen MR) is 198 cm³/mol. The molecule has 0 bridgehead atoms. The molecule has 0 nitrogen and oxygen atoms in total. The molecule has 0 N–H and O–H groups in total. The van der Waals surface area contributed by atoms with Crippen LogP contribution in [-0.2, 0) is 0 Å². The summed E-state index contributed by atoms with van der Waals surface area (Å²) in [4.78, 5) is 0. The van der Waals surface area contributed by atoms with E-state index in [9.17, 15) is 0 Å². The molecule has 4 atom stereocenters. The Morgan fingerprint density at radius 3 is 0.705 bits per heavy atom. The van der Waals surface area contributed by atoms with E-state index < -0.39 is 0 Å². The lowest BCUT2D eigenvalue weighted by molar-refractivity contribution is 0.765. The van der Waals surface area contributed by atoms with Crippen molar-refractivity contribution >= 4 is 15.8 Å². The molecule has 0 amide bonds. The number of hydrogen-bond acceptors (Lipinski definition) is 0. The molecule has 2 saturated heterocycles. The summed E-state index contributed by atoms with van der Waals surface area (Å²) in [7, 11) is -0.00563. The molecule has 2 aliphatic heterocycles. The Bertz CT molecular complexity index is 1230. The van der Waals surface area contributed by atoms with Gasteiger partial charge in [0.15, 0.2) is 0 Å². The first-order valence-corrected chi connectivity index (χ1v) is 20.0. The Balaban J connectivity index is 0.000000175. The van der Waals surface area contributed by atoms with E-state index in [1.54, 1.807) is 22.3 Å². The van der Waals surface area contributed by atoms with E-state index in [0.717, 1.165) is 34.0 Å². The van der Waals surface area contributed by atoms with Crippen molar-refractivity contribution in [3.8, 4) is 0 Å². The van der Waals surface area contributed by atoms with Crippen LogP contribution in [0, 0.1) is 27.7 Å². The minimum Gasteiger partial charge on any atom is -0.0887 e. The van der Waals surface area contributed by atoms with Crippen LogP contribution < -0.4 is 0 Å². The Morgan fingerprint density at radius 1 is 0.364 bits per heavy atom. The second-order valence-electron chi connectivity index (χ2n) is 13.9. The van der Waals surface area contributed by atoms with E-state index in [4.69, 9.17) is 0 Å². The van der Waals surface area contributed by atoms with Crippen molar-refractivity contribution in [2.24, 2.45) is 0 Å². The van der Waals surface area contributed by atoms with Crippen molar-refractivity contribution < 1.29 is 0 Å². The molecule has 0 saturated carbocycles. The van der Waals surface area contributed by atoms with Gasteiger partial charge < -0.3 is 0 Å². The van der Waals surface area contributed by atoms with E-state index >= 15 is 0 Å². The fraction of sp³-hybridized carbons (Fsp3) is 0.429. The zero-order valence-electron chi connectivity index (χ0n) is 28.4. The highest BCUT2D eigenvalue weighted by atomic mass is 31.1. The van der Waals surface area contributed by atoms with E-state index in [0.29, 0.717) is 0 Å². The van der Waals surface area contributed by atoms with Crippen LogP contribution in [0.2, 0.25) is 0 Å². The zero-order chi connectivity index (χ0) is 31.4. The third-order valence-corrected chi connectivity index (χ3v) is 17.4. The molecule has 6 rings (SSSR count). The van der Waals surface area contributed by atoms with Crippen molar-refractivity contribution in [1.82, 2.24) is 0 Å². The van der Waals surface area contributed by atoms with E-state index in [1.165, 1.54) is 47.9 Å². The minimum atomic E-state index is -0.00281. The highest BCUT2D eigenvalue weighted by Gasteiger charge is 2.40. The van der Waals surface area contributed by atoms with Crippen molar-refractivity contribution in [3.63, 3.8) is 0 Å². The summed E-state index contributed by atoms with van der Waals surface area (Å²) < 4.78 is 0. The quantitative estimate of drug-likeness (QED) is 0.188. The summed E-state index contributed by atoms with van der Waals surface area (Å²) in [5.74, 6) is 0. The molecule has 44 heavy (non-hydrogen) atoms. The van der Waals surface area contributed by atoms with Gasteiger partial charge in [-0.15, -0.1) is 0 Å². The second-order valence-corrected chi connectivity index (χ2v) is 20.3. The average molecular weight is 621 g/mol. The summed E-state index contributed by atoms with van der Waals surface area (Å²) in [5.41, 5.74) is 16.4. The lowest BCUT2D eigenvalue weighted by atomic mass is 10.0. The minimum absolute atomic E-state index is 0.00281. The van der Waals surface area contributed by atoms with Crippen molar-refractivity contribution in [3.05, 3.63) is 142 Å². The lowest BCUT2D eigenvalue weighted by Crippen LogP contribution is -2.03. The highest BCUT2D eigenvalue weighted by molar-refractivity contribution is 7.59. The fourth-order valence-corrected chi connectivity index (χ4v) is 15.2. The molecular formula is C42H54P2. The van der Waals surface area contributed by atoms with Gasteiger partial charge in [0, 0.05) is 22.6 Å². The Labute approximate surface area is 271 Å². The molecule has 4 aromatic rings. The third-order valence-electron chi connectivity index (χ3n) is 9.91. The summed E-state index contributed by atoms with van der Waals surface area (Å²) >= 11 is 0. The first-order valence-electron chi connectivity index (χ1n) is 16.9. The average Bonchev–Trinajstić information content (AvgIpc) is 3.65. The first-order chi connectivity index (χ1) is 21.1. The largest absolute Gasteiger partial charge is 0.0887 e. The molecule has 2 heteroatoms. The van der Waals surface area contributed by atoms with Crippen LogP contribution >= 0.6 is 15.8 Å². The molecule has 2 heterocycles. The first kappa shape index (κ1) is 33.1. The van der Waals surface area contributed by atoms with Crippen molar-refractivity contribution in [2.45, 2.75) is 115 Å².